The number of aromatic nitrogens is 3. The summed E-state index contributed by atoms with van der Waals surface area (Å²) in [5, 5.41) is 10.4. The van der Waals surface area contributed by atoms with Gasteiger partial charge in [0.1, 0.15) is 12.4 Å². The number of rotatable bonds is 9. The summed E-state index contributed by atoms with van der Waals surface area (Å²) in [6.45, 7) is 2.62. The number of nitrogens with zero attached hydrogens (tertiary/aromatic N) is 3. The minimum absolute atomic E-state index is 0.302. The summed E-state index contributed by atoms with van der Waals surface area (Å²) in [5.74, 6) is 2.43. The van der Waals surface area contributed by atoms with Crippen molar-refractivity contribution in [3.63, 3.8) is 0 Å². The number of thioether (sulfide) groups is 1. The highest BCUT2D eigenvalue weighted by atomic mass is 35.5. The summed E-state index contributed by atoms with van der Waals surface area (Å²) < 4.78 is 7.96. The molecule has 1 unspecified atom stereocenters. The van der Waals surface area contributed by atoms with Crippen molar-refractivity contribution in [1.29, 1.82) is 0 Å². The molecular weight excluding hydrogens is 440 g/mol. The average Bonchev–Trinajstić information content (AvgIpc) is 3.24. The molecule has 1 atom stereocenters. The van der Waals surface area contributed by atoms with Gasteiger partial charge in [-0.1, -0.05) is 72.8 Å². The molecular formula is C25H25ClN4OS. The van der Waals surface area contributed by atoms with Crippen molar-refractivity contribution in [2.75, 3.05) is 5.75 Å². The molecule has 3 aromatic carbocycles. The summed E-state index contributed by atoms with van der Waals surface area (Å²) >= 11 is 7.65. The van der Waals surface area contributed by atoms with Gasteiger partial charge in [0.05, 0.1) is 6.04 Å². The minimum Gasteiger partial charge on any atom is -0.489 e. The predicted octanol–water partition coefficient (Wildman–Crippen LogP) is 5.85. The van der Waals surface area contributed by atoms with E-state index in [2.05, 4.69) is 17.1 Å². The zero-order valence-electron chi connectivity index (χ0n) is 17.8. The third-order valence-corrected chi connectivity index (χ3v) is 6.04. The van der Waals surface area contributed by atoms with E-state index in [1.807, 2.05) is 83.4 Å². The van der Waals surface area contributed by atoms with Crippen molar-refractivity contribution in [1.82, 2.24) is 14.8 Å². The number of benzene rings is 3. The van der Waals surface area contributed by atoms with Crippen molar-refractivity contribution >= 4 is 23.4 Å². The zero-order chi connectivity index (χ0) is 22.3. The maximum atomic E-state index is 6.56. The molecule has 0 saturated carbocycles. The normalized spacial score (nSPS) is 12.0. The second kappa shape index (κ2) is 10.7. The lowest BCUT2D eigenvalue weighted by Crippen LogP contribution is -2.19. The quantitative estimate of drug-likeness (QED) is 0.314. The lowest BCUT2D eigenvalue weighted by Gasteiger charge is -2.15. The van der Waals surface area contributed by atoms with Gasteiger partial charge in [0.15, 0.2) is 11.0 Å². The van der Waals surface area contributed by atoms with E-state index in [9.17, 15) is 0 Å². The molecule has 0 amide bonds. The SMILES string of the molecule is CCSc1nnc(C(N)Cc2ccc(Cl)cc2)n1-c1ccc(OCc2ccccc2)cc1. The van der Waals surface area contributed by atoms with Gasteiger partial charge >= 0.3 is 0 Å². The number of hydrogen-bond acceptors (Lipinski definition) is 5. The molecule has 4 aromatic rings. The van der Waals surface area contributed by atoms with Crippen molar-refractivity contribution in [3.05, 3.63) is 101 Å². The molecule has 0 aliphatic heterocycles. The molecule has 4 rings (SSSR count). The first kappa shape index (κ1) is 22.4. The van der Waals surface area contributed by atoms with E-state index in [1.165, 1.54) is 0 Å². The Morgan fingerprint density at radius 3 is 2.34 bits per heavy atom. The fourth-order valence-corrected chi connectivity index (χ4v) is 4.20. The van der Waals surface area contributed by atoms with Crippen LogP contribution in [0.4, 0.5) is 0 Å². The largest absolute Gasteiger partial charge is 0.489 e. The number of halogens is 1. The van der Waals surface area contributed by atoms with Gasteiger partial charge < -0.3 is 10.5 Å². The Kier molecular flexibility index (Phi) is 7.47. The van der Waals surface area contributed by atoms with E-state index in [0.29, 0.717) is 18.1 Å². The third-order valence-electron chi connectivity index (χ3n) is 4.98. The summed E-state index contributed by atoms with van der Waals surface area (Å²) in [6, 6.07) is 25.5. The second-order valence-corrected chi connectivity index (χ2v) is 8.98. The van der Waals surface area contributed by atoms with Crippen LogP contribution in [0.3, 0.4) is 0 Å². The molecule has 7 heteroatoms. The highest BCUT2D eigenvalue weighted by Crippen LogP contribution is 2.27. The van der Waals surface area contributed by atoms with Crippen LogP contribution in [-0.2, 0) is 13.0 Å². The number of ether oxygens (including phenoxy) is 1. The van der Waals surface area contributed by atoms with Crippen LogP contribution in [0.5, 0.6) is 5.75 Å². The maximum Gasteiger partial charge on any atom is 0.195 e. The predicted molar refractivity (Wildman–Crippen MR) is 131 cm³/mol. The summed E-state index contributed by atoms with van der Waals surface area (Å²) in [7, 11) is 0. The Morgan fingerprint density at radius 2 is 1.66 bits per heavy atom. The topological polar surface area (TPSA) is 66.0 Å². The Balaban J connectivity index is 1.54. The molecule has 1 heterocycles. The number of nitrogens with two attached hydrogens (primary N) is 1. The summed E-state index contributed by atoms with van der Waals surface area (Å²) in [5.41, 5.74) is 9.76. The Bertz CT molecular complexity index is 1130. The molecule has 0 saturated heterocycles. The monoisotopic (exact) mass is 464 g/mol. The van der Waals surface area contributed by atoms with Gasteiger partial charge in [0.25, 0.3) is 0 Å². The maximum absolute atomic E-state index is 6.56. The third kappa shape index (κ3) is 5.51. The van der Waals surface area contributed by atoms with E-state index in [0.717, 1.165) is 39.3 Å². The van der Waals surface area contributed by atoms with E-state index >= 15 is 0 Å². The Labute approximate surface area is 197 Å². The smallest absolute Gasteiger partial charge is 0.195 e. The highest BCUT2D eigenvalue weighted by molar-refractivity contribution is 7.99. The molecule has 2 N–H and O–H groups in total. The molecule has 5 nitrogen and oxygen atoms in total. The van der Waals surface area contributed by atoms with Gasteiger partial charge in [-0.3, -0.25) is 4.57 Å². The summed E-state index contributed by atoms with van der Waals surface area (Å²) in [4.78, 5) is 0. The Hall–Kier alpha value is -2.80. The van der Waals surface area contributed by atoms with Crippen molar-refractivity contribution < 1.29 is 4.74 Å². The Morgan fingerprint density at radius 1 is 0.938 bits per heavy atom. The molecule has 0 radical (unpaired) electrons. The van der Waals surface area contributed by atoms with Gasteiger partial charge in [-0.05, 0) is 59.7 Å². The molecule has 0 spiro atoms. The highest BCUT2D eigenvalue weighted by Gasteiger charge is 2.20. The van der Waals surface area contributed by atoms with Crippen molar-refractivity contribution in [2.24, 2.45) is 5.73 Å². The van der Waals surface area contributed by atoms with Gasteiger partial charge in [-0.15, -0.1) is 10.2 Å². The summed E-state index contributed by atoms with van der Waals surface area (Å²) in [6.07, 6.45) is 0.643. The standard InChI is InChI=1S/C25H25ClN4OS/c1-2-32-25-29-28-24(23(27)16-18-8-10-20(26)11-9-18)30(25)21-12-14-22(15-13-21)31-17-19-6-4-3-5-7-19/h3-15,23H,2,16-17,27H2,1H3. The van der Waals surface area contributed by atoms with Gasteiger partial charge in [-0.25, -0.2) is 0 Å². The van der Waals surface area contributed by atoms with Crippen molar-refractivity contribution in [2.45, 2.75) is 31.1 Å². The molecule has 32 heavy (non-hydrogen) atoms. The lowest BCUT2D eigenvalue weighted by atomic mass is 10.1. The lowest BCUT2D eigenvalue weighted by molar-refractivity contribution is 0.306. The van der Waals surface area contributed by atoms with Crippen LogP contribution in [0.1, 0.15) is 29.9 Å². The molecule has 0 fully saturated rings. The average molecular weight is 465 g/mol. The number of hydrogen-bond donors (Lipinski definition) is 1. The van der Waals surface area contributed by atoms with E-state index in [4.69, 9.17) is 22.1 Å². The first-order chi connectivity index (χ1) is 15.6. The minimum atomic E-state index is -0.302. The van der Waals surface area contributed by atoms with Crippen LogP contribution >= 0.6 is 23.4 Å². The fourth-order valence-electron chi connectivity index (χ4n) is 3.38. The van der Waals surface area contributed by atoms with Gasteiger partial charge in [0, 0.05) is 10.7 Å². The molecule has 1 aromatic heterocycles. The van der Waals surface area contributed by atoms with Crippen LogP contribution in [0.2, 0.25) is 5.02 Å². The van der Waals surface area contributed by atoms with E-state index < -0.39 is 0 Å². The van der Waals surface area contributed by atoms with Crippen LogP contribution in [-0.4, -0.2) is 20.5 Å². The van der Waals surface area contributed by atoms with Gasteiger partial charge in [0.2, 0.25) is 0 Å². The van der Waals surface area contributed by atoms with Crippen LogP contribution < -0.4 is 10.5 Å². The first-order valence-electron chi connectivity index (χ1n) is 10.5. The van der Waals surface area contributed by atoms with Crippen LogP contribution in [0.15, 0.2) is 84.0 Å². The first-order valence-corrected chi connectivity index (χ1v) is 11.9. The fraction of sp³-hybridized carbons (Fsp3) is 0.200. The molecule has 0 bridgehead atoms. The van der Waals surface area contributed by atoms with E-state index in [-0.39, 0.29) is 6.04 Å². The van der Waals surface area contributed by atoms with E-state index in [1.54, 1.807) is 11.8 Å². The van der Waals surface area contributed by atoms with Crippen LogP contribution in [0, 0.1) is 0 Å². The van der Waals surface area contributed by atoms with Crippen LogP contribution in [0.25, 0.3) is 5.69 Å². The molecule has 164 valence electrons. The van der Waals surface area contributed by atoms with Gasteiger partial charge in [-0.2, -0.15) is 0 Å². The molecule has 0 aliphatic carbocycles. The second-order valence-electron chi connectivity index (χ2n) is 7.31. The zero-order valence-corrected chi connectivity index (χ0v) is 19.4. The molecule has 0 aliphatic rings. The van der Waals surface area contributed by atoms with Crippen molar-refractivity contribution in [3.8, 4) is 11.4 Å².